The fourth-order valence-electron chi connectivity index (χ4n) is 1.98. The lowest BCUT2D eigenvalue weighted by atomic mass is 10.1. The van der Waals surface area contributed by atoms with E-state index in [1.165, 1.54) is 0 Å². The van der Waals surface area contributed by atoms with Crippen LogP contribution in [0.1, 0.15) is 5.56 Å². The average Bonchev–Trinajstić information content (AvgIpc) is 2.34. The summed E-state index contributed by atoms with van der Waals surface area (Å²) in [7, 11) is 0. The molecular formula is C14H7Cl4N. The molecule has 0 bridgehead atoms. The zero-order chi connectivity index (χ0) is 13.6. The molecule has 0 unspecified atom stereocenters. The Morgan fingerprint density at radius 1 is 0.789 bits per heavy atom. The van der Waals surface area contributed by atoms with Gasteiger partial charge in [-0.15, -0.1) is 0 Å². The van der Waals surface area contributed by atoms with Crippen molar-refractivity contribution in [2.45, 2.75) is 3.79 Å². The van der Waals surface area contributed by atoms with Gasteiger partial charge in [-0.1, -0.05) is 58.5 Å². The van der Waals surface area contributed by atoms with E-state index in [1.54, 1.807) is 12.1 Å². The first-order valence-electron chi connectivity index (χ1n) is 5.51. The van der Waals surface area contributed by atoms with Crippen molar-refractivity contribution < 1.29 is 0 Å². The minimum atomic E-state index is -1.44. The maximum Gasteiger partial charge on any atom is 0.216 e. The van der Waals surface area contributed by atoms with Crippen LogP contribution in [-0.2, 0) is 3.79 Å². The molecule has 3 rings (SSSR count). The molecule has 0 aliphatic carbocycles. The van der Waals surface area contributed by atoms with E-state index in [0.29, 0.717) is 10.6 Å². The number of aromatic nitrogens is 1. The number of fused-ring (bicyclic) bond motifs is 2. The third-order valence-corrected chi connectivity index (χ3v) is 3.79. The Bertz CT molecular complexity index is 777. The smallest absolute Gasteiger partial charge is 0.216 e. The lowest BCUT2D eigenvalue weighted by Gasteiger charge is -2.12. The van der Waals surface area contributed by atoms with Crippen LogP contribution >= 0.6 is 46.4 Å². The molecule has 0 saturated heterocycles. The Morgan fingerprint density at radius 3 is 2.32 bits per heavy atom. The van der Waals surface area contributed by atoms with Crippen LogP contribution in [0.2, 0.25) is 5.02 Å². The van der Waals surface area contributed by atoms with Crippen molar-refractivity contribution in [1.82, 2.24) is 4.98 Å². The fraction of sp³-hybridized carbons (Fsp3) is 0.0714. The second-order valence-electron chi connectivity index (χ2n) is 4.23. The number of alkyl halides is 3. The van der Waals surface area contributed by atoms with Gasteiger partial charge in [-0.2, -0.15) is 0 Å². The maximum absolute atomic E-state index is 5.97. The van der Waals surface area contributed by atoms with E-state index < -0.39 is 3.79 Å². The molecule has 0 aliphatic rings. The van der Waals surface area contributed by atoms with Crippen molar-refractivity contribution in [3.63, 3.8) is 0 Å². The predicted molar refractivity (Wildman–Crippen MR) is 83.5 cm³/mol. The summed E-state index contributed by atoms with van der Waals surface area (Å²) in [4.78, 5) is 4.56. The summed E-state index contributed by atoms with van der Waals surface area (Å²) in [5.41, 5.74) is 2.25. The molecule has 0 aliphatic heterocycles. The van der Waals surface area contributed by atoms with Gasteiger partial charge in [0.2, 0.25) is 3.79 Å². The molecule has 0 N–H and O–H groups in total. The zero-order valence-electron chi connectivity index (χ0n) is 9.50. The van der Waals surface area contributed by atoms with Gasteiger partial charge in [0.05, 0.1) is 11.0 Å². The van der Waals surface area contributed by atoms with Crippen molar-refractivity contribution >= 4 is 68.2 Å². The first-order valence-corrected chi connectivity index (χ1v) is 7.02. The van der Waals surface area contributed by atoms with Crippen molar-refractivity contribution in [2.24, 2.45) is 0 Å². The van der Waals surface area contributed by atoms with Crippen LogP contribution in [0.4, 0.5) is 0 Å². The molecule has 0 amide bonds. The monoisotopic (exact) mass is 329 g/mol. The van der Waals surface area contributed by atoms with E-state index in [9.17, 15) is 0 Å². The minimum absolute atomic E-state index is 0.603. The highest BCUT2D eigenvalue weighted by atomic mass is 35.6. The molecular weight excluding hydrogens is 324 g/mol. The van der Waals surface area contributed by atoms with Crippen LogP contribution in [0.15, 0.2) is 42.5 Å². The minimum Gasteiger partial charge on any atom is -0.248 e. The van der Waals surface area contributed by atoms with Crippen LogP contribution in [0.3, 0.4) is 0 Å². The largest absolute Gasteiger partial charge is 0.248 e. The molecule has 1 aromatic heterocycles. The Morgan fingerprint density at radius 2 is 1.58 bits per heavy atom. The van der Waals surface area contributed by atoms with Crippen LogP contribution in [-0.4, -0.2) is 4.98 Å². The molecule has 0 spiro atoms. The number of benzene rings is 2. The van der Waals surface area contributed by atoms with Gasteiger partial charge in [0.15, 0.2) is 0 Å². The first kappa shape index (κ1) is 13.3. The Kier molecular flexibility index (Phi) is 3.26. The van der Waals surface area contributed by atoms with Crippen molar-refractivity contribution in [3.05, 3.63) is 53.1 Å². The molecule has 96 valence electrons. The summed E-state index contributed by atoms with van der Waals surface area (Å²) >= 11 is 23.6. The lowest BCUT2D eigenvalue weighted by molar-refractivity contribution is 1.25. The standard InChI is InChI=1S/C14H7Cl4N/c15-11-3-4-12-9(6-11)5-8-1-2-10(14(16,17)18)7-13(8)19-12/h1-7H. The maximum atomic E-state index is 5.97. The van der Waals surface area contributed by atoms with Crippen LogP contribution < -0.4 is 0 Å². The number of halogens is 4. The third-order valence-electron chi connectivity index (χ3n) is 2.90. The second kappa shape index (κ2) is 4.68. The van der Waals surface area contributed by atoms with Gasteiger partial charge in [-0.05, 0) is 30.3 Å². The SMILES string of the molecule is Clc1ccc2nc3cc(C(Cl)(Cl)Cl)ccc3cc2c1. The normalized spacial score (nSPS) is 12.2. The van der Waals surface area contributed by atoms with E-state index in [1.807, 2.05) is 30.3 Å². The summed E-state index contributed by atoms with van der Waals surface area (Å²) in [6.45, 7) is 0. The van der Waals surface area contributed by atoms with Crippen molar-refractivity contribution in [2.75, 3.05) is 0 Å². The highest BCUT2D eigenvalue weighted by molar-refractivity contribution is 6.66. The summed E-state index contributed by atoms with van der Waals surface area (Å²) in [5, 5.41) is 2.65. The predicted octanol–water partition coefficient (Wildman–Crippen LogP) is 5.87. The number of pyridine rings is 1. The van der Waals surface area contributed by atoms with E-state index >= 15 is 0 Å². The molecule has 2 aromatic carbocycles. The number of nitrogens with zero attached hydrogens (tertiary/aromatic N) is 1. The molecule has 19 heavy (non-hydrogen) atoms. The topological polar surface area (TPSA) is 12.9 Å². The molecule has 3 aromatic rings. The second-order valence-corrected chi connectivity index (χ2v) is 6.95. The summed E-state index contributed by atoms with van der Waals surface area (Å²) in [5.74, 6) is 0. The Labute approximate surface area is 130 Å². The Balaban J connectivity index is 2.29. The number of rotatable bonds is 0. The number of hydrogen-bond acceptors (Lipinski definition) is 1. The van der Waals surface area contributed by atoms with Crippen LogP contribution in [0, 0.1) is 0 Å². The number of hydrogen-bond donors (Lipinski definition) is 0. The van der Waals surface area contributed by atoms with E-state index in [2.05, 4.69) is 4.98 Å². The van der Waals surface area contributed by atoms with E-state index in [4.69, 9.17) is 46.4 Å². The van der Waals surface area contributed by atoms with Crippen molar-refractivity contribution in [3.8, 4) is 0 Å². The van der Waals surface area contributed by atoms with Gasteiger partial charge in [-0.3, -0.25) is 0 Å². The fourth-order valence-corrected chi connectivity index (χ4v) is 2.51. The third kappa shape index (κ3) is 2.61. The zero-order valence-corrected chi connectivity index (χ0v) is 12.5. The molecule has 0 radical (unpaired) electrons. The van der Waals surface area contributed by atoms with Crippen LogP contribution in [0.5, 0.6) is 0 Å². The molecule has 0 atom stereocenters. The van der Waals surface area contributed by atoms with Crippen molar-refractivity contribution in [1.29, 1.82) is 0 Å². The molecule has 5 heteroatoms. The summed E-state index contributed by atoms with van der Waals surface area (Å²) in [6.07, 6.45) is 0. The lowest BCUT2D eigenvalue weighted by Crippen LogP contribution is -1.99. The molecule has 0 saturated carbocycles. The molecule has 1 heterocycles. The van der Waals surface area contributed by atoms with Gasteiger partial charge in [0, 0.05) is 21.4 Å². The van der Waals surface area contributed by atoms with Gasteiger partial charge in [-0.25, -0.2) is 4.98 Å². The van der Waals surface area contributed by atoms with Crippen LogP contribution in [0.25, 0.3) is 21.8 Å². The quantitative estimate of drug-likeness (QED) is 0.371. The van der Waals surface area contributed by atoms with Gasteiger partial charge in [0.1, 0.15) is 0 Å². The highest BCUT2D eigenvalue weighted by Gasteiger charge is 2.22. The van der Waals surface area contributed by atoms with Gasteiger partial charge >= 0.3 is 0 Å². The van der Waals surface area contributed by atoms with E-state index in [-0.39, 0.29) is 0 Å². The van der Waals surface area contributed by atoms with Gasteiger partial charge in [0.25, 0.3) is 0 Å². The molecule has 1 nitrogen and oxygen atoms in total. The summed E-state index contributed by atoms with van der Waals surface area (Å²) in [6, 6.07) is 13.0. The first-order chi connectivity index (χ1) is 8.93. The van der Waals surface area contributed by atoms with Gasteiger partial charge < -0.3 is 0 Å². The summed E-state index contributed by atoms with van der Waals surface area (Å²) < 4.78 is -1.44. The average molecular weight is 331 g/mol. The van der Waals surface area contributed by atoms with E-state index in [0.717, 1.165) is 21.8 Å². The Hall–Kier alpha value is -0.730. The highest BCUT2D eigenvalue weighted by Crippen LogP contribution is 2.39. The molecule has 0 fully saturated rings.